The molecule has 0 bridgehead atoms. The van der Waals surface area contributed by atoms with Gasteiger partial charge in [0.05, 0.1) is 6.61 Å². The zero-order valence-corrected chi connectivity index (χ0v) is 19.0. The van der Waals surface area contributed by atoms with E-state index in [9.17, 15) is 0 Å². The normalized spacial score (nSPS) is 17.3. The molecule has 0 radical (unpaired) electrons. The van der Waals surface area contributed by atoms with E-state index >= 15 is 0 Å². The van der Waals surface area contributed by atoms with Crippen molar-refractivity contribution in [2.24, 2.45) is 4.99 Å². The van der Waals surface area contributed by atoms with Crippen molar-refractivity contribution >= 4 is 47.2 Å². The van der Waals surface area contributed by atoms with Crippen LogP contribution in [0.4, 0.5) is 5.69 Å². The average molecular weight is 496 g/mol. The van der Waals surface area contributed by atoms with Crippen LogP contribution in [0.15, 0.2) is 29.3 Å². The molecule has 1 aromatic carbocycles. The van der Waals surface area contributed by atoms with Gasteiger partial charge in [0.1, 0.15) is 0 Å². The standard InChI is InChI=1S/C18H30ClN5O.HI/c1-20-18(21-8-10-23(2)11-12-25-3)22-16-7-9-24(14-16)17-6-4-5-15(19)13-17;/h4-6,13,16H,7-12,14H2,1-3H3,(H2,20,21,22);1H. The second-order valence-electron chi connectivity index (χ2n) is 6.35. The van der Waals surface area contributed by atoms with Crippen molar-refractivity contribution in [2.75, 3.05) is 65.4 Å². The van der Waals surface area contributed by atoms with E-state index in [0.717, 1.165) is 56.7 Å². The van der Waals surface area contributed by atoms with Crippen LogP contribution in [0.2, 0.25) is 5.02 Å². The van der Waals surface area contributed by atoms with Crippen LogP contribution in [0.25, 0.3) is 0 Å². The van der Waals surface area contributed by atoms with E-state index in [-0.39, 0.29) is 24.0 Å². The zero-order chi connectivity index (χ0) is 18.1. The number of likely N-dealkylation sites (N-methyl/N-ethyl adjacent to an activating group) is 1. The van der Waals surface area contributed by atoms with E-state index in [1.165, 1.54) is 5.69 Å². The second kappa shape index (κ2) is 12.6. The lowest BCUT2D eigenvalue weighted by Crippen LogP contribution is -2.46. The summed E-state index contributed by atoms with van der Waals surface area (Å²) in [6.45, 7) is 5.46. The highest BCUT2D eigenvalue weighted by Gasteiger charge is 2.23. The Bertz CT molecular complexity index is 560. The summed E-state index contributed by atoms with van der Waals surface area (Å²) in [5, 5.41) is 7.68. The van der Waals surface area contributed by atoms with Gasteiger partial charge in [0.15, 0.2) is 5.96 Å². The number of halogens is 2. The van der Waals surface area contributed by atoms with Crippen molar-refractivity contribution in [3.63, 3.8) is 0 Å². The molecule has 0 aromatic heterocycles. The van der Waals surface area contributed by atoms with Crippen molar-refractivity contribution in [3.05, 3.63) is 29.3 Å². The molecule has 1 fully saturated rings. The van der Waals surface area contributed by atoms with E-state index < -0.39 is 0 Å². The summed E-state index contributed by atoms with van der Waals surface area (Å²) in [6.07, 6.45) is 1.08. The molecule has 2 rings (SSSR count). The Hall–Kier alpha value is -0.770. The molecule has 26 heavy (non-hydrogen) atoms. The van der Waals surface area contributed by atoms with Gasteiger partial charge in [-0.1, -0.05) is 17.7 Å². The number of aliphatic imine (C=N–C) groups is 1. The van der Waals surface area contributed by atoms with E-state index in [1.807, 2.05) is 25.2 Å². The lowest BCUT2D eigenvalue weighted by molar-refractivity contribution is 0.162. The van der Waals surface area contributed by atoms with Gasteiger partial charge in [-0.15, -0.1) is 24.0 Å². The smallest absolute Gasteiger partial charge is 0.191 e. The number of benzene rings is 1. The molecule has 0 amide bonds. The van der Waals surface area contributed by atoms with Gasteiger partial charge in [-0.25, -0.2) is 0 Å². The first-order valence-electron chi connectivity index (χ1n) is 8.77. The van der Waals surface area contributed by atoms with Gasteiger partial charge >= 0.3 is 0 Å². The molecule has 1 heterocycles. The minimum absolute atomic E-state index is 0. The number of methoxy groups -OCH3 is 1. The summed E-state index contributed by atoms with van der Waals surface area (Å²) in [5.41, 5.74) is 1.18. The lowest BCUT2D eigenvalue weighted by Gasteiger charge is -2.21. The van der Waals surface area contributed by atoms with Crippen molar-refractivity contribution in [2.45, 2.75) is 12.5 Å². The minimum atomic E-state index is 0. The number of ether oxygens (including phenoxy) is 1. The Labute approximate surface area is 179 Å². The van der Waals surface area contributed by atoms with Crippen molar-refractivity contribution in [1.29, 1.82) is 0 Å². The molecule has 1 aromatic rings. The van der Waals surface area contributed by atoms with E-state index in [0.29, 0.717) is 6.04 Å². The maximum atomic E-state index is 6.10. The van der Waals surface area contributed by atoms with Crippen LogP contribution in [0, 0.1) is 0 Å². The predicted octanol–water partition coefficient (Wildman–Crippen LogP) is 2.28. The Morgan fingerprint density at radius 3 is 2.92 bits per heavy atom. The van der Waals surface area contributed by atoms with Gasteiger partial charge in [-0.05, 0) is 31.7 Å². The second-order valence-corrected chi connectivity index (χ2v) is 6.79. The van der Waals surface area contributed by atoms with Crippen LogP contribution in [0.1, 0.15) is 6.42 Å². The highest BCUT2D eigenvalue weighted by molar-refractivity contribution is 14.0. The molecule has 0 saturated carbocycles. The fourth-order valence-corrected chi connectivity index (χ4v) is 3.08. The Balaban J connectivity index is 0.00000338. The molecule has 1 saturated heterocycles. The van der Waals surface area contributed by atoms with Gasteiger partial charge in [0.25, 0.3) is 0 Å². The van der Waals surface area contributed by atoms with Gasteiger partial charge in [0, 0.05) is 63.6 Å². The Morgan fingerprint density at radius 2 is 2.23 bits per heavy atom. The third kappa shape index (κ3) is 7.85. The van der Waals surface area contributed by atoms with Gasteiger partial charge < -0.3 is 25.2 Å². The summed E-state index contributed by atoms with van der Waals surface area (Å²) in [6, 6.07) is 8.42. The molecule has 0 spiro atoms. The van der Waals surface area contributed by atoms with E-state index in [4.69, 9.17) is 16.3 Å². The van der Waals surface area contributed by atoms with E-state index in [1.54, 1.807) is 7.11 Å². The third-order valence-electron chi connectivity index (χ3n) is 4.39. The molecule has 6 nitrogen and oxygen atoms in total. The third-order valence-corrected chi connectivity index (χ3v) is 4.62. The Morgan fingerprint density at radius 1 is 1.42 bits per heavy atom. The molecule has 1 aliphatic rings. The minimum Gasteiger partial charge on any atom is -0.383 e. The van der Waals surface area contributed by atoms with Crippen molar-refractivity contribution in [3.8, 4) is 0 Å². The first kappa shape index (κ1) is 23.3. The van der Waals surface area contributed by atoms with Crippen molar-refractivity contribution in [1.82, 2.24) is 15.5 Å². The van der Waals surface area contributed by atoms with Gasteiger partial charge in [-0.3, -0.25) is 4.99 Å². The topological polar surface area (TPSA) is 52.1 Å². The van der Waals surface area contributed by atoms with Gasteiger partial charge in [-0.2, -0.15) is 0 Å². The van der Waals surface area contributed by atoms with Crippen molar-refractivity contribution < 1.29 is 4.74 Å². The molecule has 1 aliphatic heterocycles. The fraction of sp³-hybridized carbons (Fsp3) is 0.611. The summed E-state index contributed by atoms with van der Waals surface area (Å²) in [4.78, 5) is 8.93. The predicted molar refractivity (Wildman–Crippen MR) is 121 cm³/mol. The molecule has 148 valence electrons. The number of nitrogens with zero attached hydrogens (tertiary/aromatic N) is 3. The maximum absolute atomic E-state index is 6.10. The van der Waals surface area contributed by atoms with Crippen LogP contribution in [-0.2, 0) is 4.74 Å². The molecule has 1 unspecified atom stereocenters. The summed E-state index contributed by atoms with van der Waals surface area (Å²) in [5.74, 6) is 0.859. The number of rotatable bonds is 8. The molecule has 1 atom stereocenters. The maximum Gasteiger partial charge on any atom is 0.191 e. The quantitative estimate of drug-likeness (QED) is 0.329. The molecular weight excluding hydrogens is 465 g/mol. The Kier molecular flexibility index (Phi) is 11.3. The highest BCUT2D eigenvalue weighted by atomic mass is 127. The molecule has 2 N–H and O–H groups in total. The number of anilines is 1. The zero-order valence-electron chi connectivity index (χ0n) is 15.9. The highest BCUT2D eigenvalue weighted by Crippen LogP contribution is 2.23. The number of guanidine groups is 1. The first-order valence-corrected chi connectivity index (χ1v) is 9.15. The number of hydrogen-bond donors (Lipinski definition) is 2. The first-order chi connectivity index (χ1) is 12.1. The molecule has 0 aliphatic carbocycles. The average Bonchev–Trinajstić information content (AvgIpc) is 3.07. The van der Waals surface area contributed by atoms with Crippen LogP contribution >= 0.6 is 35.6 Å². The lowest BCUT2D eigenvalue weighted by atomic mass is 10.3. The monoisotopic (exact) mass is 495 g/mol. The summed E-state index contributed by atoms with van der Waals surface area (Å²) in [7, 11) is 5.64. The van der Waals surface area contributed by atoms with Crippen LogP contribution in [-0.4, -0.2) is 77.4 Å². The number of hydrogen-bond acceptors (Lipinski definition) is 4. The van der Waals surface area contributed by atoms with Crippen LogP contribution < -0.4 is 15.5 Å². The summed E-state index contributed by atoms with van der Waals surface area (Å²) >= 11 is 6.10. The fourth-order valence-electron chi connectivity index (χ4n) is 2.90. The van der Waals surface area contributed by atoms with E-state index in [2.05, 4.69) is 38.5 Å². The summed E-state index contributed by atoms with van der Waals surface area (Å²) < 4.78 is 5.09. The largest absolute Gasteiger partial charge is 0.383 e. The van der Waals surface area contributed by atoms with Gasteiger partial charge in [0.2, 0.25) is 0 Å². The number of nitrogens with one attached hydrogen (secondary N) is 2. The molecular formula is C18H31ClIN5O. The van der Waals surface area contributed by atoms with Crippen LogP contribution in [0.3, 0.4) is 0 Å². The molecule has 8 heteroatoms. The van der Waals surface area contributed by atoms with Crippen LogP contribution in [0.5, 0.6) is 0 Å². The SMILES string of the molecule is CN=C(NCCN(C)CCOC)NC1CCN(c2cccc(Cl)c2)C1.I.